The molecule has 2 heterocycles. The number of amides is 2. The number of aromatic nitrogens is 3. The minimum atomic E-state index is -1.000. The molecule has 0 bridgehead atoms. The van der Waals surface area contributed by atoms with Crippen molar-refractivity contribution in [1.29, 1.82) is 0 Å². The molecule has 8 nitrogen and oxygen atoms in total. The maximum absolute atomic E-state index is 13.6. The van der Waals surface area contributed by atoms with Crippen molar-refractivity contribution in [3.05, 3.63) is 52.4 Å². The van der Waals surface area contributed by atoms with Crippen molar-refractivity contribution in [1.82, 2.24) is 25.6 Å². The monoisotopic (exact) mass is 435 g/mol. The van der Waals surface area contributed by atoms with Gasteiger partial charge >= 0.3 is 0 Å². The standard InChI is InChI=1S/C18H18FN5O3S2/c1-11(27-13-6-3-2-5-12(13)19)17(26)22-20-15(25)8-9-24-16(21-23-18(24)28)14-7-4-10-29-14/h2-7,10-11H,8-9H2,1H3,(H,20,25)(H,22,26)(H,23,28). The van der Waals surface area contributed by atoms with Crippen molar-refractivity contribution in [3.8, 4) is 16.5 Å². The molecule has 1 aromatic carbocycles. The van der Waals surface area contributed by atoms with Gasteiger partial charge in [-0.15, -0.1) is 11.3 Å². The van der Waals surface area contributed by atoms with Gasteiger partial charge in [-0.1, -0.05) is 18.2 Å². The first-order chi connectivity index (χ1) is 14.0. The van der Waals surface area contributed by atoms with E-state index in [-0.39, 0.29) is 18.7 Å². The normalized spacial score (nSPS) is 11.7. The number of carbonyl (C=O) groups is 2. The van der Waals surface area contributed by atoms with Crippen LogP contribution in [0.2, 0.25) is 0 Å². The van der Waals surface area contributed by atoms with E-state index in [1.54, 1.807) is 10.6 Å². The van der Waals surface area contributed by atoms with Gasteiger partial charge in [0.15, 0.2) is 28.3 Å². The molecule has 0 radical (unpaired) electrons. The van der Waals surface area contributed by atoms with Gasteiger partial charge in [-0.3, -0.25) is 30.1 Å². The maximum atomic E-state index is 13.6. The molecule has 0 saturated heterocycles. The van der Waals surface area contributed by atoms with Crippen LogP contribution in [0.1, 0.15) is 13.3 Å². The zero-order valence-electron chi connectivity index (χ0n) is 15.3. The second-order valence-corrected chi connectivity index (χ2v) is 7.29. The Morgan fingerprint density at radius 3 is 2.83 bits per heavy atom. The van der Waals surface area contributed by atoms with Gasteiger partial charge in [-0.05, 0) is 42.7 Å². The van der Waals surface area contributed by atoms with Crippen LogP contribution in [0, 0.1) is 10.6 Å². The average Bonchev–Trinajstić information content (AvgIpc) is 3.35. The molecule has 1 unspecified atom stereocenters. The number of para-hydroxylation sites is 1. The molecule has 11 heteroatoms. The van der Waals surface area contributed by atoms with Gasteiger partial charge < -0.3 is 4.74 Å². The highest BCUT2D eigenvalue weighted by Gasteiger charge is 2.17. The minimum absolute atomic E-state index is 0.0445. The van der Waals surface area contributed by atoms with E-state index >= 15 is 0 Å². The van der Waals surface area contributed by atoms with Gasteiger partial charge in [0.1, 0.15) is 0 Å². The smallest absolute Gasteiger partial charge is 0.279 e. The molecule has 152 valence electrons. The lowest BCUT2D eigenvalue weighted by Gasteiger charge is -2.15. The first kappa shape index (κ1) is 20.7. The highest BCUT2D eigenvalue weighted by Crippen LogP contribution is 2.22. The summed E-state index contributed by atoms with van der Waals surface area (Å²) in [6.45, 7) is 1.73. The molecule has 0 aliphatic rings. The predicted molar refractivity (Wildman–Crippen MR) is 108 cm³/mol. The van der Waals surface area contributed by atoms with Crippen LogP contribution in [-0.2, 0) is 16.1 Å². The van der Waals surface area contributed by atoms with Crippen LogP contribution in [0.15, 0.2) is 41.8 Å². The van der Waals surface area contributed by atoms with Gasteiger partial charge in [-0.25, -0.2) is 4.39 Å². The van der Waals surface area contributed by atoms with Crippen LogP contribution in [0.3, 0.4) is 0 Å². The number of hydrogen-bond acceptors (Lipinski definition) is 6. The fourth-order valence-electron chi connectivity index (χ4n) is 2.41. The molecule has 29 heavy (non-hydrogen) atoms. The zero-order chi connectivity index (χ0) is 20.8. The number of nitrogens with one attached hydrogen (secondary N) is 3. The number of aromatic amines is 1. The summed E-state index contributed by atoms with van der Waals surface area (Å²) >= 11 is 6.72. The lowest BCUT2D eigenvalue weighted by Crippen LogP contribution is -2.47. The van der Waals surface area contributed by atoms with E-state index < -0.39 is 23.7 Å². The minimum Gasteiger partial charge on any atom is -0.478 e. The van der Waals surface area contributed by atoms with Crippen molar-refractivity contribution in [2.75, 3.05) is 0 Å². The lowest BCUT2D eigenvalue weighted by molar-refractivity contribution is -0.132. The highest BCUT2D eigenvalue weighted by atomic mass is 32.1. The van der Waals surface area contributed by atoms with Gasteiger partial charge in [0.25, 0.3) is 5.91 Å². The Bertz CT molecular complexity index is 1050. The van der Waals surface area contributed by atoms with Gasteiger partial charge in [0.05, 0.1) is 4.88 Å². The number of halogens is 1. The lowest BCUT2D eigenvalue weighted by atomic mass is 10.3. The van der Waals surface area contributed by atoms with E-state index in [0.29, 0.717) is 10.6 Å². The molecule has 0 spiro atoms. The molecule has 3 N–H and O–H groups in total. The number of hydrazine groups is 1. The topological polar surface area (TPSA) is 101 Å². The summed E-state index contributed by atoms with van der Waals surface area (Å²) < 4.78 is 21.0. The molecule has 0 saturated carbocycles. The first-order valence-corrected chi connectivity index (χ1v) is 9.93. The van der Waals surface area contributed by atoms with Crippen LogP contribution in [0.5, 0.6) is 5.75 Å². The summed E-state index contributed by atoms with van der Waals surface area (Å²) in [7, 11) is 0. The number of nitrogens with zero attached hydrogens (tertiary/aromatic N) is 2. The Morgan fingerprint density at radius 1 is 1.31 bits per heavy atom. The summed E-state index contributed by atoms with van der Waals surface area (Å²) in [5.74, 6) is -1.00. The molecule has 3 aromatic rings. The van der Waals surface area contributed by atoms with Crippen molar-refractivity contribution >= 4 is 35.4 Å². The number of carbonyl (C=O) groups excluding carboxylic acids is 2. The third-order valence-corrected chi connectivity index (χ3v) is 5.07. The molecule has 2 aromatic heterocycles. The molecule has 0 aliphatic carbocycles. The van der Waals surface area contributed by atoms with Gasteiger partial charge in [0, 0.05) is 13.0 Å². The molecular formula is C18H18FN5O3S2. The third-order valence-electron chi connectivity index (χ3n) is 3.90. The quantitative estimate of drug-likeness (QED) is 0.391. The van der Waals surface area contributed by atoms with Crippen molar-refractivity contribution in [3.63, 3.8) is 0 Å². The first-order valence-electron chi connectivity index (χ1n) is 8.64. The van der Waals surface area contributed by atoms with Gasteiger partial charge in [0.2, 0.25) is 5.91 Å². The number of H-pyrrole nitrogens is 1. The van der Waals surface area contributed by atoms with Crippen LogP contribution in [-0.4, -0.2) is 32.7 Å². The number of benzene rings is 1. The SMILES string of the molecule is CC(Oc1ccccc1F)C(=O)NNC(=O)CCn1c(-c2cccs2)n[nH]c1=S. The van der Waals surface area contributed by atoms with Gasteiger partial charge in [-0.2, -0.15) is 5.10 Å². The van der Waals surface area contributed by atoms with E-state index in [0.717, 1.165) is 4.88 Å². The fraction of sp³-hybridized carbons (Fsp3) is 0.222. The Hall–Kier alpha value is -3.05. The molecule has 2 amide bonds. The molecular weight excluding hydrogens is 417 g/mol. The van der Waals surface area contributed by atoms with Crippen LogP contribution in [0.4, 0.5) is 4.39 Å². The zero-order valence-corrected chi connectivity index (χ0v) is 17.0. The molecule has 0 fully saturated rings. The third kappa shape index (κ3) is 5.27. The van der Waals surface area contributed by atoms with Crippen molar-refractivity contribution < 1.29 is 18.7 Å². The number of rotatable bonds is 7. The molecule has 0 aliphatic heterocycles. The largest absolute Gasteiger partial charge is 0.478 e. The maximum Gasteiger partial charge on any atom is 0.279 e. The number of ether oxygens (including phenoxy) is 1. The Balaban J connectivity index is 1.49. The van der Waals surface area contributed by atoms with E-state index in [4.69, 9.17) is 17.0 Å². The van der Waals surface area contributed by atoms with Crippen LogP contribution < -0.4 is 15.6 Å². The van der Waals surface area contributed by atoms with Crippen LogP contribution >= 0.6 is 23.6 Å². The molecule has 3 rings (SSSR count). The van der Waals surface area contributed by atoms with Crippen LogP contribution in [0.25, 0.3) is 10.7 Å². The summed E-state index contributed by atoms with van der Waals surface area (Å²) in [4.78, 5) is 25.1. The van der Waals surface area contributed by atoms with Crippen molar-refractivity contribution in [2.45, 2.75) is 26.0 Å². The summed E-state index contributed by atoms with van der Waals surface area (Å²) in [5.41, 5.74) is 4.58. The second kappa shape index (κ2) is 9.43. The Labute approximate surface area is 174 Å². The Kier molecular flexibility index (Phi) is 6.73. The summed E-state index contributed by atoms with van der Waals surface area (Å²) in [6.07, 6.45) is -0.935. The summed E-state index contributed by atoms with van der Waals surface area (Å²) in [6, 6.07) is 9.56. The molecule has 1 atom stereocenters. The van der Waals surface area contributed by atoms with E-state index in [9.17, 15) is 14.0 Å². The van der Waals surface area contributed by atoms with E-state index in [2.05, 4.69) is 21.0 Å². The predicted octanol–water partition coefficient (Wildman–Crippen LogP) is 2.81. The number of hydrogen-bond donors (Lipinski definition) is 3. The highest BCUT2D eigenvalue weighted by molar-refractivity contribution is 7.71. The van der Waals surface area contributed by atoms with E-state index in [1.807, 2.05) is 17.5 Å². The van der Waals surface area contributed by atoms with Crippen molar-refractivity contribution in [2.24, 2.45) is 0 Å². The van der Waals surface area contributed by atoms with E-state index in [1.165, 1.54) is 36.5 Å². The Morgan fingerprint density at radius 2 is 2.10 bits per heavy atom. The number of thiophene rings is 1. The fourth-order valence-corrected chi connectivity index (χ4v) is 3.36. The second-order valence-electron chi connectivity index (χ2n) is 5.96. The average molecular weight is 436 g/mol. The summed E-state index contributed by atoms with van der Waals surface area (Å²) in [5, 5.41) is 8.82.